The molecule has 27 heavy (non-hydrogen) atoms. The van der Waals surface area contributed by atoms with Gasteiger partial charge in [0.1, 0.15) is 11.6 Å². The molecule has 0 unspecified atom stereocenters. The standard InChI is InChI=1S/C21H29N5O/c1-17-8-11-25(12-9-17)20-7-10-22-21(23-20)26-15-13-24(14-16-26)18-5-3-4-6-19(18)27-2/h3-7,10,17H,8-9,11-16H2,1-2H3. The van der Waals surface area contributed by atoms with Gasteiger partial charge in [-0.1, -0.05) is 19.1 Å². The van der Waals surface area contributed by atoms with E-state index in [1.165, 1.54) is 12.8 Å². The van der Waals surface area contributed by atoms with E-state index in [0.717, 1.165) is 68.4 Å². The van der Waals surface area contributed by atoms with Gasteiger partial charge in [-0.3, -0.25) is 0 Å². The fraction of sp³-hybridized carbons (Fsp3) is 0.524. The van der Waals surface area contributed by atoms with Gasteiger partial charge in [0.05, 0.1) is 12.8 Å². The SMILES string of the molecule is COc1ccccc1N1CCN(c2nccc(N3CCC(C)CC3)n2)CC1. The van der Waals surface area contributed by atoms with Crippen LogP contribution in [0.1, 0.15) is 19.8 Å². The largest absolute Gasteiger partial charge is 0.495 e. The number of aromatic nitrogens is 2. The Morgan fingerprint density at radius 1 is 0.889 bits per heavy atom. The van der Waals surface area contributed by atoms with E-state index >= 15 is 0 Å². The first-order valence-corrected chi connectivity index (χ1v) is 9.95. The van der Waals surface area contributed by atoms with Crippen molar-refractivity contribution in [1.29, 1.82) is 0 Å². The summed E-state index contributed by atoms with van der Waals surface area (Å²) in [6.45, 7) is 8.24. The van der Waals surface area contributed by atoms with E-state index in [9.17, 15) is 0 Å². The van der Waals surface area contributed by atoms with Gasteiger partial charge in [0.25, 0.3) is 0 Å². The molecule has 3 heterocycles. The summed E-state index contributed by atoms with van der Waals surface area (Å²) in [5, 5.41) is 0. The third-order valence-corrected chi connectivity index (χ3v) is 5.72. The summed E-state index contributed by atoms with van der Waals surface area (Å²) in [5.41, 5.74) is 1.16. The predicted octanol–water partition coefficient (Wildman–Crippen LogP) is 3.05. The van der Waals surface area contributed by atoms with E-state index in [1.807, 2.05) is 24.4 Å². The van der Waals surface area contributed by atoms with Crippen LogP contribution < -0.4 is 19.4 Å². The van der Waals surface area contributed by atoms with Gasteiger partial charge in [0.2, 0.25) is 5.95 Å². The normalized spacial score (nSPS) is 18.7. The van der Waals surface area contributed by atoms with Gasteiger partial charge in [-0.25, -0.2) is 4.98 Å². The Kier molecular flexibility index (Phi) is 5.32. The third kappa shape index (κ3) is 3.94. The second-order valence-corrected chi connectivity index (χ2v) is 7.53. The molecule has 0 radical (unpaired) electrons. The highest BCUT2D eigenvalue weighted by Crippen LogP contribution is 2.29. The zero-order valence-corrected chi connectivity index (χ0v) is 16.3. The van der Waals surface area contributed by atoms with Crippen molar-refractivity contribution >= 4 is 17.5 Å². The molecular formula is C21H29N5O. The lowest BCUT2D eigenvalue weighted by Crippen LogP contribution is -2.47. The van der Waals surface area contributed by atoms with Crippen molar-refractivity contribution in [3.05, 3.63) is 36.5 Å². The second kappa shape index (κ2) is 8.03. The first-order chi connectivity index (χ1) is 13.2. The fourth-order valence-electron chi connectivity index (χ4n) is 3.94. The Bertz CT molecular complexity index is 752. The van der Waals surface area contributed by atoms with Crippen molar-refractivity contribution in [2.24, 2.45) is 5.92 Å². The number of piperidine rings is 1. The Morgan fingerprint density at radius 2 is 1.59 bits per heavy atom. The molecule has 2 aliphatic rings. The summed E-state index contributed by atoms with van der Waals surface area (Å²) >= 11 is 0. The first kappa shape index (κ1) is 17.9. The molecule has 2 aromatic rings. The minimum atomic E-state index is 0.825. The highest BCUT2D eigenvalue weighted by Gasteiger charge is 2.23. The molecule has 0 aliphatic carbocycles. The second-order valence-electron chi connectivity index (χ2n) is 7.53. The van der Waals surface area contributed by atoms with Gasteiger partial charge in [0, 0.05) is 45.5 Å². The molecule has 0 N–H and O–H groups in total. The number of ether oxygens (including phenoxy) is 1. The van der Waals surface area contributed by atoms with E-state index in [1.54, 1.807) is 7.11 Å². The monoisotopic (exact) mass is 367 g/mol. The number of para-hydroxylation sites is 2. The summed E-state index contributed by atoms with van der Waals surface area (Å²) in [7, 11) is 1.73. The van der Waals surface area contributed by atoms with Crippen LogP contribution in [0.3, 0.4) is 0 Å². The van der Waals surface area contributed by atoms with Gasteiger partial charge in [-0.05, 0) is 37.0 Å². The molecule has 6 nitrogen and oxygen atoms in total. The van der Waals surface area contributed by atoms with Crippen molar-refractivity contribution in [3.8, 4) is 5.75 Å². The summed E-state index contributed by atoms with van der Waals surface area (Å²) in [6, 6.07) is 10.3. The quantitative estimate of drug-likeness (QED) is 0.828. The van der Waals surface area contributed by atoms with Gasteiger partial charge in [-0.2, -0.15) is 4.98 Å². The molecule has 0 amide bonds. The maximum atomic E-state index is 5.51. The van der Waals surface area contributed by atoms with Gasteiger partial charge in [0.15, 0.2) is 0 Å². The van der Waals surface area contributed by atoms with Crippen LogP contribution in [0, 0.1) is 5.92 Å². The number of anilines is 3. The topological polar surface area (TPSA) is 44.7 Å². The highest BCUT2D eigenvalue weighted by molar-refractivity contribution is 5.59. The molecule has 144 valence electrons. The molecule has 0 spiro atoms. The highest BCUT2D eigenvalue weighted by atomic mass is 16.5. The van der Waals surface area contributed by atoms with Crippen molar-refractivity contribution in [1.82, 2.24) is 9.97 Å². The van der Waals surface area contributed by atoms with E-state index in [4.69, 9.17) is 9.72 Å². The molecule has 4 rings (SSSR count). The first-order valence-electron chi connectivity index (χ1n) is 9.95. The molecule has 2 saturated heterocycles. The summed E-state index contributed by atoms with van der Waals surface area (Å²) < 4.78 is 5.51. The van der Waals surface area contributed by atoms with Gasteiger partial charge >= 0.3 is 0 Å². The van der Waals surface area contributed by atoms with E-state index in [0.29, 0.717) is 0 Å². The summed E-state index contributed by atoms with van der Waals surface area (Å²) in [6.07, 6.45) is 4.40. The van der Waals surface area contributed by atoms with Crippen molar-refractivity contribution in [2.75, 3.05) is 61.1 Å². The van der Waals surface area contributed by atoms with E-state index in [2.05, 4.69) is 38.7 Å². The smallest absolute Gasteiger partial charge is 0.227 e. The van der Waals surface area contributed by atoms with Crippen LogP contribution in [0.25, 0.3) is 0 Å². The van der Waals surface area contributed by atoms with Crippen molar-refractivity contribution < 1.29 is 4.74 Å². The lowest BCUT2D eigenvalue weighted by molar-refractivity contribution is 0.413. The molecule has 0 bridgehead atoms. The van der Waals surface area contributed by atoms with E-state index < -0.39 is 0 Å². The average Bonchev–Trinajstić information content (AvgIpc) is 2.74. The fourth-order valence-corrected chi connectivity index (χ4v) is 3.94. The number of methoxy groups -OCH3 is 1. The number of rotatable bonds is 4. The van der Waals surface area contributed by atoms with Crippen LogP contribution in [0.5, 0.6) is 5.75 Å². The molecule has 0 atom stereocenters. The van der Waals surface area contributed by atoms with Crippen LogP contribution in [0.15, 0.2) is 36.5 Å². The van der Waals surface area contributed by atoms with Crippen LogP contribution in [-0.4, -0.2) is 56.3 Å². The summed E-state index contributed by atoms with van der Waals surface area (Å²) in [4.78, 5) is 16.5. The van der Waals surface area contributed by atoms with Crippen LogP contribution in [0.4, 0.5) is 17.5 Å². The molecular weight excluding hydrogens is 338 g/mol. The lowest BCUT2D eigenvalue weighted by Gasteiger charge is -2.37. The van der Waals surface area contributed by atoms with Gasteiger partial charge < -0.3 is 19.4 Å². The Hall–Kier alpha value is -2.50. The average molecular weight is 367 g/mol. The Labute approximate surface area is 161 Å². The lowest BCUT2D eigenvalue weighted by atomic mass is 9.99. The van der Waals surface area contributed by atoms with Gasteiger partial charge in [-0.15, -0.1) is 0 Å². The minimum absolute atomic E-state index is 0.825. The maximum Gasteiger partial charge on any atom is 0.227 e. The number of piperazine rings is 1. The number of benzene rings is 1. The minimum Gasteiger partial charge on any atom is -0.495 e. The summed E-state index contributed by atoms with van der Waals surface area (Å²) in [5.74, 6) is 3.68. The molecule has 2 aliphatic heterocycles. The third-order valence-electron chi connectivity index (χ3n) is 5.72. The molecule has 6 heteroatoms. The van der Waals surface area contributed by atoms with Crippen LogP contribution in [-0.2, 0) is 0 Å². The number of hydrogen-bond donors (Lipinski definition) is 0. The molecule has 1 aromatic carbocycles. The molecule has 1 aromatic heterocycles. The van der Waals surface area contributed by atoms with Crippen LogP contribution in [0.2, 0.25) is 0 Å². The predicted molar refractivity (Wildman–Crippen MR) is 110 cm³/mol. The molecule has 0 saturated carbocycles. The Balaban J connectivity index is 1.42. The Morgan fingerprint density at radius 3 is 2.33 bits per heavy atom. The van der Waals surface area contributed by atoms with Crippen LogP contribution >= 0.6 is 0 Å². The maximum absolute atomic E-state index is 5.51. The van der Waals surface area contributed by atoms with E-state index in [-0.39, 0.29) is 0 Å². The number of nitrogens with zero attached hydrogens (tertiary/aromatic N) is 5. The molecule has 2 fully saturated rings. The zero-order valence-electron chi connectivity index (χ0n) is 16.3. The van der Waals surface area contributed by atoms with Crippen molar-refractivity contribution in [3.63, 3.8) is 0 Å². The van der Waals surface area contributed by atoms with Crippen molar-refractivity contribution in [2.45, 2.75) is 19.8 Å². The number of hydrogen-bond acceptors (Lipinski definition) is 6. The zero-order chi connectivity index (χ0) is 18.6.